The predicted molar refractivity (Wildman–Crippen MR) is 78.1 cm³/mol. The van der Waals surface area contributed by atoms with Crippen molar-refractivity contribution in [2.24, 2.45) is 5.92 Å². The number of benzene rings is 1. The minimum Gasteiger partial charge on any atom is -0.497 e. The molecule has 6 nitrogen and oxygen atoms in total. The zero-order valence-corrected chi connectivity index (χ0v) is 13.0. The van der Waals surface area contributed by atoms with E-state index >= 15 is 0 Å². The first-order valence-corrected chi connectivity index (χ1v) is 7.28. The lowest BCUT2D eigenvalue weighted by Gasteiger charge is -2.14. The molecule has 0 saturated carbocycles. The van der Waals surface area contributed by atoms with Crippen LogP contribution in [-0.4, -0.2) is 42.9 Å². The van der Waals surface area contributed by atoms with E-state index in [4.69, 9.17) is 9.47 Å². The van der Waals surface area contributed by atoms with Crippen LogP contribution < -0.4 is 4.74 Å². The first-order chi connectivity index (χ1) is 11.0. The standard InChI is InChI=1S/C16H18FNO5/c1-3-23-15(20)9-18-14(19)7-11(16(18)21)6-10-4-5-12(22-2)8-13(10)17/h4-5,8,11H,3,6-7,9H2,1-2H3. The van der Waals surface area contributed by atoms with E-state index in [9.17, 15) is 18.8 Å². The molecule has 1 unspecified atom stereocenters. The van der Waals surface area contributed by atoms with Crippen molar-refractivity contribution in [3.63, 3.8) is 0 Å². The van der Waals surface area contributed by atoms with Crippen LogP contribution in [0.4, 0.5) is 4.39 Å². The van der Waals surface area contributed by atoms with Crippen LogP contribution in [0.2, 0.25) is 0 Å². The molecule has 1 aromatic carbocycles. The van der Waals surface area contributed by atoms with Gasteiger partial charge in [0.1, 0.15) is 18.1 Å². The lowest BCUT2D eigenvalue weighted by molar-refractivity contribution is -0.152. The SMILES string of the molecule is CCOC(=O)CN1C(=O)CC(Cc2ccc(OC)cc2F)C1=O. The van der Waals surface area contributed by atoms with Crippen LogP contribution >= 0.6 is 0 Å². The van der Waals surface area contributed by atoms with Crippen molar-refractivity contribution in [3.8, 4) is 5.75 Å². The van der Waals surface area contributed by atoms with E-state index in [-0.39, 0.29) is 19.4 Å². The summed E-state index contributed by atoms with van der Waals surface area (Å²) >= 11 is 0. The summed E-state index contributed by atoms with van der Waals surface area (Å²) in [6, 6.07) is 4.35. The molecule has 0 aliphatic carbocycles. The molecule has 0 spiro atoms. The summed E-state index contributed by atoms with van der Waals surface area (Å²) in [4.78, 5) is 36.5. The van der Waals surface area contributed by atoms with Crippen LogP contribution in [0.15, 0.2) is 18.2 Å². The second-order valence-electron chi connectivity index (χ2n) is 5.19. The molecule has 1 aromatic rings. The summed E-state index contributed by atoms with van der Waals surface area (Å²) in [6.45, 7) is 1.42. The Hall–Kier alpha value is -2.44. The maximum Gasteiger partial charge on any atom is 0.326 e. The van der Waals surface area contributed by atoms with Gasteiger partial charge in [-0.15, -0.1) is 0 Å². The van der Waals surface area contributed by atoms with E-state index in [1.54, 1.807) is 13.0 Å². The van der Waals surface area contributed by atoms with Gasteiger partial charge in [0.25, 0.3) is 0 Å². The van der Waals surface area contributed by atoms with Gasteiger partial charge in [-0.2, -0.15) is 0 Å². The van der Waals surface area contributed by atoms with Gasteiger partial charge < -0.3 is 9.47 Å². The Bertz CT molecular complexity index is 631. The number of nitrogens with zero attached hydrogens (tertiary/aromatic N) is 1. The molecule has 1 fully saturated rings. The zero-order chi connectivity index (χ0) is 17.0. The number of hydrogen-bond donors (Lipinski definition) is 0. The molecule has 1 atom stereocenters. The quantitative estimate of drug-likeness (QED) is 0.583. The Kier molecular flexibility index (Phi) is 5.31. The number of ether oxygens (including phenoxy) is 2. The Morgan fingerprint density at radius 3 is 2.74 bits per heavy atom. The molecule has 0 radical (unpaired) electrons. The number of amides is 2. The fourth-order valence-electron chi connectivity index (χ4n) is 2.50. The Labute approximate surface area is 133 Å². The van der Waals surface area contributed by atoms with Crippen molar-refractivity contribution in [3.05, 3.63) is 29.6 Å². The second-order valence-corrected chi connectivity index (χ2v) is 5.19. The summed E-state index contributed by atoms with van der Waals surface area (Å²) in [5.74, 6) is -2.33. The second kappa shape index (κ2) is 7.21. The third-order valence-corrected chi connectivity index (χ3v) is 3.66. The topological polar surface area (TPSA) is 72.9 Å². The highest BCUT2D eigenvalue weighted by molar-refractivity contribution is 6.05. The van der Waals surface area contributed by atoms with E-state index in [1.165, 1.54) is 19.2 Å². The number of imide groups is 1. The van der Waals surface area contributed by atoms with Crippen molar-refractivity contribution in [2.45, 2.75) is 19.8 Å². The number of hydrogen-bond acceptors (Lipinski definition) is 5. The third kappa shape index (κ3) is 3.85. The molecule has 23 heavy (non-hydrogen) atoms. The lowest BCUT2D eigenvalue weighted by Crippen LogP contribution is -2.36. The van der Waals surface area contributed by atoms with Crippen molar-refractivity contribution in [2.75, 3.05) is 20.3 Å². The van der Waals surface area contributed by atoms with Crippen LogP contribution in [0.3, 0.4) is 0 Å². The van der Waals surface area contributed by atoms with Gasteiger partial charge in [-0.3, -0.25) is 19.3 Å². The molecule has 2 amide bonds. The van der Waals surface area contributed by atoms with Gasteiger partial charge in [-0.25, -0.2) is 4.39 Å². The van der Waals surface area contributed by atoms with Crippen LogP contribution in [0.25, 0.3) is 0 Å². The summed E-state index contributed by atoms with van der Waals surface area (Å²) < 4.78 is 23.6. The van der Waals surface area contributed by atoms with E-state index in [0.29, 0.717) is 11.3 Å². The fourth-order valence-corrected chi connectivity index (χ4v) is 2.50. The highest BCUT2D eigenvalue weighted by Gasteiger charge is 2.39. The van der Waals surface area contributed by atoms with Crippen molar-refractivity contribution in [1.82, 2.24) is 4.90 Å². The van der Waals surface area contributed by atoms with Gasteiger partial charge in [0.2, 0.25) is 11.8 Å². The maximum absolute atomic E-state index is 14.0. The molecule has 7 heteroatoms. The first kappa shape index (κ1) is 16.9. The molecule has 1 aliphatic heterocycles. The summed E-state index contributed by atoms with van der Waals surface area (Å²) in [7, 11) is 1.43. The van der Waals surface area contributed by atoms with Crippen LogP contribution in [0, 0.1) is 11.7 Å². The number of likely N-dealkylation sites (tertiary alicyclic amines) is 1. The molecule has 1 heterocycles. The number of halogens is 1. The normalized spacial score (nSPS) is 17.5. The monoisotopic (exact) mass is 323 g/mol. The van der Waals surface area contributed by atoms with Gasteiger partial charge in [-0.05, 0) is 25.0 Å². The van der Waals surface area contributed by atoms with Gasteiger partial charge >= 0.3 is 5.97 Å². The van der Waals surface area contributed by atoms with Crippen molar-refractivity contribution in [1.29, 1.82) is 0 Å². The van der Waals surface area contributed by atoms with Crippen LogP contribution in [-0.2, 0) is 25.5 Å². The number of esters is 1. The molecule has 0 aromatic heterocycles. The Morgan fingerprint density at radius 1 is 1.39 bits per heavy atom. The van der Waals surface area contributed by atoms with Crippen LogP contribution in [0.1, 0.15) is 18.9 Å². The highest BCUT2D eigenvalue weighted by Crippen LogP contribution is 2.26. The molecule has 124 valence electrons. The van der Waals surface area contributed by atoms with E-state index in [1.807, 2.05) is 0 Å². The maximum atomic E-state index is 14.0. The average molecular weight is 323 g/mol. The first-order valence-electron chi connectivity index (χ1n) is 7.28. The Balaban J connectivity index is 2.06. The smallest absolute Gasteiger partial charge is 0.326 e. The fraction of sp³-hybridized carbons (Fsp3) is 0.438. The molecular formula is C16H18FNO5. The van der Waals surface area contributed by atoms with Gasteiger partial charge in [0.05, 0.1) is 19.6 Å². The number of methoxy groups -OCH3 is 1. The minimum absolute atomic E-state index is 0.0380. The van der Waals surface area contributed by atoms with Gasteiger partial charge in [0, 0.05) is 12.5 Å². The molecule has 0 N–H and O–H groups in total. The summed E-state index contributed by atoms with van der Waals surface area (Å²) in [5.41, 5.74) is 0.329. The zero-order valence-electron chi connectivity index (χ0n) is 13.0. The summed E-state index contributed by atoms with van der Waals surface area (Å²) in [6.07, 6.45) is 0.0590. The van der Waals surface area contributed by atoms with Crippen LogP contribution in [0.5, 0.6) is 5.75 Å². The minimum atomic E-state index is -0.667. The predicted octanol–water partition coefficient (Wildman–Crippen LogP) is 1.31. The van der Waals surface area contributed by atoms with Crippen molar-refractivity contribution < 1.29 is 28.2 Å². The molecular weight excluding hydrogens is 305 g/mol. The highest BCUT2D eigenvalue weighted by atomic mass is 19.1. The number of rotatable bonds is 6. The summed E-state index contributed by atoms with van der Waals surface area (Å²) in [5, 5.41) is 0. The van der Waals surface area contributed by atoms with E-state index in [0.717, 1.165) is 4.90 Å². The molecule has 1 aliphatic rings. The third-order valence-electron chi connectivity index (χ3n) is 3.66. The largest absolute Gasteiger partial charge is 0.497 e. The Morgan fingerprint density at radius 2 is 2.13 bits per heavy atom. The number of carbonyl (C=O) groups is 3. The van der Waals surface area contributed by atoms with E-state index in [2.05, 4.69) is 0 Å². The van der Waals surface area contributed by atoms with E-state index < -0.39 is 36.1 Å². The van der Waals surface area contributed by atoms with Gasteiger partial charge in [-0.1, -0.05) is 6.07 Å². The molecule has 2 rings (SSSR count). The number of carbonyl (C=O) groups excluding carboxylic acids is 3. The average Bonchev–Trinajstić information content (AvgIpc) is 2.77. The molecule has 1 saturated heterocycles. The van der Waals surface area contributed by atoms with Gasteiger partial charge in [0.15, 0.2) is 0 Å². The molecule has 0 bridgehead atoms. The lowest BCUT2D eigenvalue weighted by atomic mass is 9.97. The van der Waals surface area contributed by atoms with Crippen molar-refractivity contribution >= 4 is 17.8 Å².